The predicted molar refractivity (Wildman–Crippen MR) is 92.0 cm³/mol. The first-order valence-corrected chi connectivity index (χ1v) is 9.28. The number of hydrogen-bond donors (Lipinski definition) is 2. The van der Waals surface area contributed by atoms with Gasteiger partial charge in [0.15, 0.2) is 15.8 Å². The van der Waals surface area contributed by atoms with Crippen molar-refractivity contribution in [3.8, 4) is 22.5 Å². The molecule has 3 aromatic rings. The SMILES string of the molecule is CS(=O)(=O)c1ccc(-c2nc(N)[nH]c2-c2ccc(C(F)(F)F)cc2)cc1. The van der Waals surface area contributed by atoms with Gasteiger partial charge in [-0.15, -0.1) is 0 Å². The second-order valence-corrected chi connectivity index (χ2v) is 7.73. The highest BCUT2D eigenvalue weighted by molar-refractivity contribution is 7.90. The van der Waals surface area contributed by atoms with Crippen molar-refractivity contribution in [3.63, 3.8) is 0 Å². The Hall–Kier alpha value is -2.81. The summed E-state index contributed by atoms with van der Waals surface area (Å²) in [5.74, 6) is 0.0992. The number of nitrogens with two attached hydrogens (primary N) is 1. The van der Waals surface area contributed by atoms with Crippen LogP contribution in [0.25, 0.3) is 22.5 Å². The lowest BCUT2D eigenvalue weighted by Gasteiger charge is -2.08. The Balaban J connectivity index is 2.04. The lowest BCUT2D eigenvalue weighted by atomic mass is 10.0. The van der Waals surface area contributed by atoms with Crippen LogP contribution in [0.2, 0.25) is 0 Å². The smallest absolute Gasteiger partial charge is 0.369 e. The fourth-order valence-electron chi connectivity index (χ4n) is 2.50. The van der Waals surface area contributed by atoms with E-state index in [1.54, 1.807) is 12.1 Å². The van der Waals surface area contributed by atoms with E-state index in [9.17, 15) is 21.6 Å². The Morgan fingerprint density at radius 2 is 1.50 bits per heavy atom. The molecule has 0 amide bonds. The van der Waals surface area contributed by atoms with Gasteiger partial charge in [0, 0.05) is 17.4 Å². The molecule has 0 aliphatic carbocycles. The van der Waals surface area contributed by atoms with Gasteiger partial charge in [-0.1, -0.05) is 24.3 Å². The van der Waals surface area contributed by atoms with Crippen molar-refractivity contribution >= 4 is 15.8 Å². The van der Waals surface area contributed by atoms with Gasteiger partial charge in [-0.2, -0.15) is 13.2 Å². The molecule has 2 aromatic carbocycles. The molecule has 3 N–H and O–H groups in total. The number of nitrogens with zero attached hydrogens (tertiary/aromatic N) is 1. The monoisotopic (exact) mass is 381 g/mol. The van der Waals surface area contributed by atoms with Gasteiger partial charge in [-0.3, -0.25) is 0 Å². The maximum absolute atomic E-state index is 12.7. The van der Waals surface area contributed by atoms with Crippen molar-refractivity contribution in [2.45, 2.75) is 11.1 Å². The van der Waals surface area contributed by atoms with E-state index < -0.39 is 21.6 Å². The topological polar surface area (TPSA) is 88.8 Å². The van der Waals surface area contributed by atoms with E-state index >= 15 is 0 Å². The third-order valence-electron chi connectivity index (χ3n) is 3.78. The summed E-state index contributed by atoms with van der Waals surface area (Å²) in [5, 5.41) is 0. The van der Waals surface area contributed by atoms with Gasteiger partial charge in [-0.05, 0) is 24.3 Å². The van der Waals surface area contributed by atoms with Crippen molar-refractivity contribution in [3.05, 3.63) is 54.1 Å². The van der Waals surface area contributed by atoms with Gasteiger partial charge >= 0.3 is 6.18 Å². The van der Waals surface area contributed by atoms with Crippen LogP contribution in [0.5, 0.6) is 0 Å². The highest BCUT2D eigenvalue weighted by Crippen LogP contribution is 2.34. The molecule has 5 nitrogen and oxygen atoms in total. The molecule has 136 valence electrons. The van der Waals surface area contributed by atoms with E-state index in [4.69, 9.17) is 5.73 Å². The van der Waals surface area contributed by atoms with Gasteiger partial charge in [0.25, 0.3) is 0 Å². The van der Waals surface area contributed by atoms with Crippen LogP contribution in [0.3, 0.4) is 0 Å². The Kier molecular flexibility index (Phi) is 4.27. The minimum atomic E-state index is -4.42. The maximum Gasteiger partial charge on any atom is 0.416 e. The van der Waals surface area contributed by atoms with Gasteiger partial charge in [0.05, 0.1) is 21.8 Å². The van der Waals surface area contributed by atoms with E-state index in [1.165, 1.54) is 24.3 Å². The van der Waals surface area contributed by atoms with Crippen LogP contribution in [0.4, 0.5) is 19.1 Å². The molecule has 26 heavy (non-hydrogen) atoms. The number of alkyl halides is 3. The van der Waals surface area contributed by atoms with Crippen LogP contribution in [0.15, 0.2) is 53.4 Å². The molecule has 0 aliphatic rings. The molecular formula is C17H14F3N3O2S. The number of anilines is 1. The standard InChI is InChI=1S/C17H14F3N3O2S/c1-26(24,25)13-8-4-11(5-9-13)15-14(22-16(21)23-15)10-2-6-12(7-3-10)17(18,19)20/h2-9H,1H3,(H3,21,22,23). The van der Waals surface area contributed by atoms with Gasteiger partial charge in [-0.25, -0.2) is 13.4 Å². The minimum Gasteiger partial charge on any atom is -0.369 e. The first kappa shape index (κ1) is 18.0. The lowest BCUT2D eigenvalue weighted by molar-refractivity contribution is -0.137. The van der Waals surface area contributed by atoms with Crippen LogP contribution in [-0.4, -0.2) is 24.6 Å². The number of hydrogen-bond acceptors (Lipinski definition) is 4. The van der Waals surface area contributed by atoms with Crippen molar-refractivity contribution in [1.29, 1.82) is 0 Å². The number of nitrogens with one attached hydrogen (secondary N) is 1. The molecule has 0 saturated carbocycles. The molecule has 0 spiro atoms. The minimum absolute atomic E-state index is 0.0992. The van der Waals surface area contributed by atoms with Crippen molar-refractivity contribution in [1.82, 2.24) is 9.97 Å². The van der Waals surface area contributed by atoms with Crippen LogP contribution in [-0.2, 0) is 16.0 Å². The normalized spacial score (nSPS) is 12.3. The molecule has 9 heteroatoms. The molecule has 1 aromatic heterocycles. The summed E-state index contributed by atoms with van der Waals surface area (Å²) in [4.78, 5) is 7.15. The van der Waals surface area contributed by atoms with Crippen molar-refractivity contribution < 1.29 is 21.6 Å². The Morgan fingerprint density at radius 3 is 2.00 bits per heavy atom. The van der Waals surface area contributed by atoms with E-state index in [0.29, 0.717) is 22.5 Å². The van der Waals surface area contributed by atoms with Crippen molar-refractivity contribution in [2.75, 3.05) is 12.0 Å². The molecule has 1 heterocycles. The second-order valence-electron chi connectivity index (χ2n) is 5.72. The Bertz CT molecular complexity index is 1040. The lowest BCUT2D eigenvalue weighted by Crippen LogP contribution is -2.04. The van der Waals surface area contributed by atoms with Crippen LogP contribution >= 0.6 is 0 Å². The first-order valence-electron chi connectivity index (χ1n) is 7.39. The third-order valence-corrected chi connectivity index (χ3v) is 4.91. The second kappa shape index (κ2) is 6.17. The molecule has 0 bridgehead atoms. The van der Waals surface area contributed by atoms with E-state index in [-0.39, 0.29) is 10.8 Å². The number of aromatic amines is 1. The van der Waals surface area contributed by atoms with Gasteiger partial charge in [0.2, 0.25) is 0 Å². The van der Waals surface area contributed by atoms with Gasteiger partial charge in [0.1, 0.15) is 0 Å². The third kappa shape index (κ3) is 3.57. The predicted octanol–water partition coefficient (Wildman–Crippen LogP) is 3.75. The number of halogens is 3. The highest BCUT2D eigenvalue weighted by atomic mass is 32.2. The molecule has 0 radical (unpaired) electrons. The first-order chi connectivity index (χ1) is 12.1. The Labute approximate surface area is 147 Å². The van der Waals surface area contributed by atoms with Crippen molar-refractivity contribution in [2.24, 2.45) is 0 Å². The maximum atomic E-state index is 12.7. The molecule has 0 fully saturated rings. The number of rotatable bonds is 3. The van der Waals surface area contributed by atoms with Gasteiger partial charge < -0.3 is 10.7 Å². The summed E-state index contributed by atoms with van der Waals surface area (Å²) >= 11 is 0. The summed E-state index contributed by atoms with van der Waals surface area (Å²) in [6.07, 6.45) is -3.32. The molecule has 0 aliphatic heterocycles. The average Bonchev–Trinajstić information content (AvgIpc) is 2.95. The number of aromatic nitrogens is 2. The number of imidazole rings is 1. The number of nitrogen functional groups attached to an aromatic ring is 1. The van der Waals surface area contributed by atoms with Crippen LogP contribution < -0.4 is 5.73 Å². The van der Waals surface area contributed by atoms with E-state index in [0.717, 1.165) is 18.4 Å². The van der Waals surface area contributed by atoms with E-state index in [1.807, 2.05) is 0 Å². The zero-order chi connectivity index (χ0) is 19.1. The summed E-state index contributed by atoms with van der Waals surface area (Å²) in [6.45, 7) is 0. The molecular weight excluding hydrogens is 367 g/mol. The molecule has 3 rings (SSSR count). The highest BCUT2D eigenvalue weighted by Gasteiger charge is 2.30. The average molecular weight is 381 g/mol. The zero-order valence-electron chi connectivity index (χ0n) is 13.5. The van der Waals surface area contributed by atoms with Crippen LogP contribution in [0.1, 0.15) is 5.56 Å². The molecule has 0 saturated heterocycles. The quantitative estimate of drug-likeness (QED) is 0.723. The molecule has 0 unspecified atom stereocenters. The fourth-order valence-corrected chi connectivity index (χ4v) is 3.13. The molecule has 0 atom stereocenters. The Morgan fingerprint density at radius 1 is 0.962 bits per heavy atom. The number of sulfone groups is 1. The van der Waals surface area contributed by atoms with E-state index in [2.05, 4.69) is 9.97 Å². The summed E-state index contributed by atoms with van der Waals surface area (Å²) < 4.78 is 61.3. The number of benzene rings is 2. The summed E-state index contributed by atoms with van der Waals surface area (Å²) in [6, 6.07) is 10.6. The summed E-state index contributed by atoms with van der Waals surface area (Å²) in [5.41, 5.74) is 6.88. The van der Waals surface area contributed by atoms with Crippen LogP contribution in [0, 0.1) is 0 Å². The largest absolute Gasteiger partial charge is 0.416 e. The summed E-state index contributed by atoms with van der Waals surface area (Å²) in [7, 11) is -3.34. The zero-order valence-corrected chi connectivity index (χ0v) is 14.3. The number of H-pyrrole nitrogens is 1. The fraction of sp³-hybridized carbons (Fsp3) is 0.118.